The third-order valence-electron chi connectivity index (χ3n) is 4.60. The summed E-state index contributed by atoms with van der Waals surface area (Å²) >= 11 is 0. The van der Waals surface area contributed by atoms with E-state index in [2.05, 4.69) is 5.32 Å². The molecule has 1 aliphatic rings. The molecule has 1 amide bonds. The fourth-order valence-electron chi connectivity index (χ4n) is 3.05. The molecular weight excluding hydrogens is 342 g/mol. The van der Waals surface area contributed by atoms with E-state index in [0.717, 1.165) is 12.8 Å². The Balaban J connectivity index is 2.06. The number of sulfone groups is 1. The molecule has 0 heterocycles. The van der Waals surface area contributed by atoms with Gasteiger partial charge in [0.05, 0.1) is 10.1 Å². The van der Waals surface area contributed by atoms with Gasteiger partial charge < -0.3 is 10.4 Å². The van der Waals surface area contributed by atoms with Crippen LogP contribution in [0.1, 0.15) is 62.7 Å². The maximum absolute atomic E-state index is 12.5. The number of nitrogens with one attached hydrogen (secondary N) is 1. The lowest BCUT2D eigenvalue weighted by atomic mass is 9.98. The molecule has 0 saturated heterocycles. The summed E-state index contributed by atoms with van der Waals surface area (Å²) in [7, 11) is -3.33. The number of carboxylic acid groups (broad SMARTS) is 1. The van der Waals surface area contributed by atoms with E-state index in [0.29, 0.717) is 24.8 Å². The van der Waals surface area contributed by atoms with Crippen LogP contribution < -0.4 is 5.32 Å². The van der Waals surface area contributed by atoms with Gasteiger partial charge in [-0.1, -0.05) is 12.8 Å². The van der Waals surface area contributed by atoms with Crippen molar-refractivity contribution in [2.75, 3.05) is 0 Å². The van der Waals surface area contributed by atoms with Crippen molar-refractivity contribution in [2.45, 2.75) is 68.1 Å². The Morgan fingerprint density at radius 2 is 1.72 bits per heavy atom. The predicted octanol–water partition coefficient (Wildman–Crippen LogP) is 2.78. The van der Waals surface area contributed by atoms with Crippen LogP contribution in [0.2, 0.25) is 0 Å². The van der Waals surface area contributed by atoms with E-state index in [1.807, 2.05) is 0 Å². The molecule has 0 unspecified atom stereocenters. The zero-order chi connectivity index (χ0) is 18.7. The number of aliphatic carboxylic acids is 1. The van der Waals surface area contributed by atoms with Gasteiger partial charge in [-0.25, -0.2) is 8.42 Å². The van der Waals surface area contributed by atoms with E-state index < -0.39 is 21.3 Å². The van der Waals surface area contributed by atoms with E-state index in [9.17, 15) is 18.0 Å². The average molecular weight is 367 g/mol. The van der Waals surface area contributed by atoms with Crippen LogP contribution in [0.3, 0.4) is 0 Å². The molecule has 0 aromatic heterocycles. The molecule has 1 aromatic rings. The Labute approximate surface area is 148 Å². The fourth-order valence-corrected chi connectivity index (χ4v) is 4.90. The molecular formula is C18H25NO5S. The molecule has 7 heteroatoms. The van der Waals surface area contributed by atoms with Gasteiger partial charge in [-0.3, -0.25) is 9.59 Å². The molecule has 2 N–H and O–H groups in total. The molecule has 0 spiro atoms. The first-order valence-electron chi connectivity index (χ1n) is 8.50. The standard InChI is InChI=1S/C18H25NO5S/c1-18(2,12-11-16(20)21)19-17(22)13-7-9-15(10-8-13)25(23,24)14-5-3-4-6-14/h7-10,14H,3-6,11-12H2,1-2H3,(H,19,22)(H,20,21). The number of hydrogen-bond donors (Lipinski definition) is 2. The summed E-state index contributed by atoms with van der Waals surface area (Å²) in [6, 6.07) is 5.97. The van der Waals surface area contributed by atoms with Crippen LogP contribution in [0.15, 0.2) is 29.2 Å². The minimum absolute atomic E-state index is 0.0359. The van der Waals surface area contributed by atoms with Crippen LogP contribution in [-0.2, 0) is 14.6 Å². The van der Waals surface area contributed by atoms with Gasteiger partial charge in [0.15, 0.2) is 9.84 Å². The van der Waals surface area contributed by atoms with Gasteiger partial charge >= 0.3 is 5.97 Å². The minimum Gasteiger partial charge on any atom is -0.481 e. The highest BCUT2D eigenvalue weighted by molar-refractivity contribution is 7.92. The normalized spacial score (nSPS) is 15.9. The maximum atomic E-state index is 12.5. The third-order valence-corrected chi connectivity index (χ3v) is 6.88. The Morgan fingerprint density at radius 1 is 1.16 bits per heavy atom. The van der Waals surface area contributed by atoms with Crippen molar-refractivity contribution in [3.05, 3.63) is 29.8 Å². The van der Waals surface area contributed by atoms with Gasteiger partial charge in [0.2, 0.25) is 0 Å². The second-order valence-corrected chi connectivity index (χ2v) is 9.44. The highest BCUT2D eigenvalue weighted by Gasteiger charge is 2.30. The first kappa shape index (κ1) is 19.4. The van der Waals surface area contributed by atoms with Crippen molar-refractivity contribution < 1.29 is 23.1 Å². The van der Waals surface area contributed by atoms with Crippen LogP contribution in [-0.4, -0.2) is 36.2 Å². The summed E-state index contributed by atoms with van der Waals surface area (Å²) in [5, 5.41) is 11.2. The van der Waals surface area contributed by atoms with E-state index >= 15 is 0 Å². The summed E-state index contributed by atoms with van der Waals surface area (Å²) in [6.45, 7) is 3.51. The fraction of sp³-hybridized carbons (Fsp3) is 0.556. The molecule has 1 aliphatic carbocycles. The molecule has 1 fully saturated rings. The zero-order valence-corrected chi connectivity index (χ0v) is 15.4. The second-order valence-electron chi connectivity index (χ2n) is 7.21. The van der Waals surface area contributed by atoms with Crippen LogP contribution in [0.25, 0.3) is 0 Å². The smallest absolute Gasteiger partial charge is 0.303 e. The third kappa shape index (κ3) is 5.04. The quantitative estimate of drug-likeness (QED) is 0.772. The number of rotatable bonds is 7. The zero-order valence-electron chi connectivity index (χ0n) is 14.6. The SMILES string of the molecule is CC(C)(CCC(=O)O)NC(=O)c1ccc(S(=O)(=O)C2CCCC2)cc1. The molecule has 1 aromatic carbocycles. The van der Waals surface area contributed by atoms with E-state index in [1.54, 1.807) is 13.8 Å². The van der Waals surface area contributed by atoms with Crippen LogP contribution in [0.4, 0.5) is 0 Å². The molecule has 2 rings (SSSR count). The van der Waals surface area contributed by atoms with Crippen LogP contribution in [0.5, 0.6) is 0 Å². The molecule has 0 bridgehead atoms. The first-order chi connectivity index (χ1) is 11.6. The van der Waals surface area contributed by atoms with Gasteiger partial charge in [-0.05, 0) is 57.4 Å². The monoisotopic (exact) mass is 367 g/mol. The molecule has 138 valence electrons. The van der Waals surface area contributed by atoms with Crippen LogP contribution >= 0.6 is 0 Å². The molecule has 25 heavy (non-hydrogen) atoms. The summed E-state index contributed by atoms with van der Waals surface area (Å²) in [5.41, 5.74) is -0.307. The largest absolute Gasteiger partial charge is 0.481 e. The van der Waals surface area contributed by atoms with Gasteiger partial charge in [-0.2, -0.15) is 0 Å². The summed E-state index contributed by atoms with van der Waals surface area (Å²) in [5.74, 6) is -1.26. The maximum Gasteiger partial charge on any atom is 0.303 e. The summed E-state index contributed by atoms with van der Waals surface area (Å²) < 4.78 is 25.1. The lowest BCUT2D eigenvalue weighted by Crippen LogP contribution is -2.43. The van der Waals surface area contributed by atoms with Crippen molar-refractivity contribution in [3.63, 3.8) is 0 Å². The predicted molar refractivity (Wildman–Crippen MR) is 94.3 cm³/mol. The Morgan fingerprint density at radius 3 is 2.24 bits per heavy atom. The van der Waals surface area contributed by atoms with Crippen LogP contribution in [0, 0.1) is 0 Å². The van der Waals surface area contributed by atoms with Crippen molar-refractivity contribution in [1.82, 2.24) is 5.32 Å². The highest BCUT2D eigenvalue weighted by atomic mass is 32.2. The molecule has 0 atom stereocenters. The number of hydrogen-bond acceptors (Lipinski definition) is 4. The summed E-state index contributed by atoms with van der Waals surface area (Å²) in [4.78, 5) is 23.2. The number of amides is 1. The van der Waals surface area contributed by atoms with Crippen molar-refractivity contribution in [3.8, 4) is 0 Å². The van der Waals surface area contributed by atoms with E-state index in [4.69, 9.17) is 5.11 Å². The Hall–Kier alpha value is -1.89. The van der Waals surface area contributed by atoms with Gasteiger partial charge in [0.25, 0.3) is 5.91 Å². The molecule has 0 aliphatic heterocycles. The molecule has 1 saturated carbocycles. The minimum atomic E-state index is -3.33. The van der Waals surface area contributed by atoms with Crippen molar-refractivity contribution >= 4 is 21.7 Å². The Bertz CT molecular complexity index is 731. The number of benzene rings is 1. The second kappa shape index (κ2) is 7.56. The van der Waals surface area contributed by atoms with E-state index in [-0.39, 0.29) is 22.5 Å². The topological polar surface area (TPSA) is 101 Å². The first-order valence-corrected chi connectivity index (χ1v) is 10.0. The van der Waals surface area contributed by atoms with Crippen molar-refractivity contribution in [2.24, 2.45) is 0 Å². The van der Waals surface area contributed by atoms with Gasteiger partial charge in [-0.15, -0.1) is 0 Å². The molecule has 6 nitrogen and oxygen atoms in total. The summed E-state index contributed by atoms with van der Waals surface area (Å²) in [6.07, 6.45) is 3.55. The number of carboxylic acids is 1. The van der Waals surface area contributed by atoms with Gasteiger partial charge in [0.1, 0.15) is 0 Å². The lowest BCUT2D eigenvalue weighted by molar-refractivity contribution is -0.137. The molecule has 0 radical (unpaired) electrons. The number of carbonyl (C=O) groups excluding carboxylic acids is 1. The van der Waals surface area contributed by atoms with Crippen molar-refractivity contribution in [1.29, 1.82) is 0 Å². The lowest BCUT2D eigenvalue weighted by Gasteiger charge is -2.25. The average Bonchev–Trinajstić information content (AvgIpc) is 3.08. The Kier molecular flexibility index (Phi) is 5.87. The highest BCUT2D eigenvalue weighted by Crippen LogP contribution is 2.29. The number of carbonyl (C=O) groups is 2. The van der Waals surface area contributed by atoms with Gasteiger partial charge in [0, 0.05) is 17.5 Å². The van der Waals surface area contributed by atoms with E-state index in [1.165, 1.54) is 24.3 Å².